The van der Waals surface area contributed by atoms with E-state index in [4.69, 9.17) is 0 Å². The van der Waals surface area contributed by atoms with Crippen LogP contribution >= 0.6 is 0 Å². The van der Waals surface area contributed by atoms with Gasteiger partial charge in [0.25, 0.3) is 0 Å². The van der Waals surface area contributed by atoms with E-state index in [-0.39, 0.29) is 36.2 Å². The Hall–Kier alpha value is -2.06. The number of rotatable bonds is 4. The van der Waals surface area contributed by atoms with E-state index < -0.39 is 41.3 Å². The van der Waals surface area contributed by atoms with Gasteiger partial charge in [0.1, 0.15) is 5.78 Å². The molecule has 1 fully saturated rings. The Balaban J connectivity index is 2.26. The number of alkyl halides is 6. The average molecular weight is 395 g/mol. The van der Waals surface area contributed by atoms with Crippen LogP contribution in [0.3, 0.4) is 0 Å². The van der Waals surface area contributed by atoms with Crippen LogP contribution in [0, 0.1) is 11.3 Å². The van der Waals surface area contributed by atoms with Crippen LogP contribution in [0.25, 0.3) is 0 Å². The summed E-state index contributed by atoms with van der Waals surface area (Å²) in [6.45, 7) is 3.02. The van der Waals surface area contributed by atoms with Crippen LogP contribution in [0.1, 0.15) is 49.8 Å². The van der Waals surface area contributed by atoms with Gasteiger partial charge in [-0.15, -0.1) is 0 Å². The summed E-state index contributed by atoms with van der Waals surface area (Å²) in [5.41, 5.74) is -4.16. The topological polar surface area (TPSA) is 46.2 Å². The molecule has 1 saturated carbocycles. The lowest BCUT2D eigenvalue weighted by Gasteiger charge is -2.31. The molecule has 1 amide bonds. The zero-order valence-electron chi connectivity index (χ0n) is 14.7. The first-order valence-electron chi connectivity index (χ1n) is 8.34. The summed E-state index contributed by atoms with van der Waals surface area (Å²) in [6, 6.07) is 1.20. The molecule has 27 heavy (non-hydrogen) atoms. The molecule has 1 aliphatic rings. The summed E-state index contributed by atoms with van der Waals surface area (Å²) < 4.78 is 77.4. The van der Waals surface area contributed by atoms with E-state index in [0.717, 1.165) is 0 Å². The first-order chi connectivity index (χ1) is 12.3. The van der Waals surface area contributed by atoms with Crippen molar-refractivity contribution in [2.24, 2.45) is 11.3 Å². The number of hydrogen-bond donors (Lipinski definition) is 1. The normalized spacial score (nSPS) is 21.0. The number of halogens is 6. The molecule has 1 aromatic rings. The van der Waals surface area contributed by atoms with Crippen molar-refractivity contribution < 1.29 is 35.9 Å². The fourth-order valence-corrected chi connectivity index (χ4v) is 3.32. The lowest BCUT2D eigenvalue weighted by molar-refractivity contribution is -0.143. The minimum atomic E-state index is -4.95. The van der Waals surface area contributed by atoms with E-state index in [0.29, 0.717) is 18.6 Å². The third kappa shape index (κ3) is 4.62. The van der Waals surface area contributed by atoms with Gasteiger partial charge < -0.3 is 5.32 Å². The number of benzene rings is 1. The van der Waals surface area contributed by atoms with Crippen molar-refractivity contribution in [3.63, 3.8) is 0 Å². The zero-order valence-corrected chi connectivity index (χ0v) is 14.7. The van der Waals surface area contributed by atoms with Crippen LogP contribution in [0.2, 0.25) is 0 Å². The molecule has 1 aromatic carbocycles. The van der Waals surface area contributed by atoms with E-state index in [1.54, 1.807) is 13.8 Å². The molecular weight excluding hydrogens is 376 g/mol. The van der Waals surface area contributed by atoms with Gasteiger partial charge in [-0.25, -0.2) is 0 Å². The second kappa shape index (κ2) is 7.16. The van der Waals surface area contributed by atoms with Gasteiger partial charge in [0, 0.05) is 19.4 Å². The number of Topliss-reactive ketones (excluding diaryl/α,β-unsaturated/α-hetero) is 1. The Morgan fingerprint density at radius 3 is 1.96 bits per heavy atom. The summed E-state index contributed by atoms with van der Waals surface area (Å²) in [5.74, 6) is -0.817. The first kappa shape index (κ1) is 21.2. The van der Waals surface area contributed by atoms with Gasteiger partial charge in [0.2, 0.25) is 5.91 Å². The van der Waals surface area contributed by atoms with Gasteiger partial charge in [-0.3, -0.25) is 9.59 Å². The molecule has 3 nitrogen and oxygen atoms in total. The van der Waals surface area contributed by atoms with E-state index in [1.165, 1.54) is 0 Å². The predicted molar refractivity (Wildman–Crippen MR) is 84.4 cm³/mol. The van der Waals surface area contributed by atoms with Crippen LogP contribution in [-0.2, 0) is 28.5 Å². The summed E-state index contributed by atoms with van der Waals surface area (Å²) in [5, 5.41) is 2.42. The highest BCUT2D eigenvalue weighted by Crippen LogP contribution is 2.43. The number of amides is 1. The van der Waals surface area contributed by atoms with E-state index in [2.05, 4.69) is 5.32 Å². The zero-order chi connectivity index (χ0) is 20.6. The maximum atomic E-state index is 12.9. The number of hydrogen-bond acceptors (Lipinski definition) is 2. The molecule has 0 bridgehead atoms. The smallest absolute Gasteiger partial charge is 0.352 e. The minimum Gasteiger partial charge on any atom is -0.352 e. The Kier molecular flexibility index (Phi) is 5.64. The fraction of sp³-hybridized carbons (Fsp3) is 0.556. The highest BCUT2D eigenvalue weighted by molar-refractivity contribution is 5.93. The first-order valence-corrected chi connectivity index (χ1v) is 8.34. The fourth-order valence-electron chi connectivity index (χ4n) is 3.32. The summed E-state index contributed by atoms with van der Waals surface area (Å²) in [6.07, 6.45) is -9.33. The van der Waals surface area contributed by atoms with Crippen LogP contribution in [-0.4, -0.2) is 11.7 Å². The predicted octanol–water partition coefficient (Wildman–Crippen LogP) is 4.74. The van der Waals surface area contributed by atoms with Crippen molar-refractivity contribution in [3.8, 4) is 0 Å². The van der Waals surface area contributed by atoms with Gasteiger partial charge in [0.05, 0.1) is 16.5 Å². The maximum Gasteiger partial charge on any atom is 0.416 e. The van der Waals surface area contributed by atoms with Gasteiger partial charge in [-0.05, 0) is 36.1 Å². The van der Waals surface area contributed by atoms with Crippen LogP contribution in [0.15, 0.2) is 18.2 Å². The second-order valence-corrected chi connectivity index (χ2v) is 7.12. The Bertz CT molecular complexity index is 706. The third-order valence-electron chi connectivity index (χ3n) is 5.02. The minimum absolute atomic E-state index is 0.0207. The van der Waals surface area contributed by atoms with Gasteiger partial charge >= 0.3 is 12.4 Å². The van der Waals surface area contributed by atoms with Crippen molar-refractivity contribution in [3.05, 3.63) is 34.9 Å². The molecule has 0 unspecified atom stereocenters. The number of carbonyl (C=O) groups is 2. The lowest BCUT2D eigenvalue weighted by atomic mass is 9.75. The van der Waals surface area contributed by atoms with E-state index >= 15 is 0 Å². The molecule has 0 heterocycles. The molecule has 150 valence electrons. The summed E-state index contributed by atoms with van der Waals surface area (Å²) in [7, 11) is 0. The molecule has 0 spiro atoms. The maximum absolute atomic E-state index is 12.9. The monoisotopic (exact) mass is 395 g/mol. The standard InChI is InChI=1S/C18H19F6NO2/c1-10(2)16(4-3-14(26)8-16)15(27)25-9-11-5-12(17(19,20)21)7-13(6-11)18(22,23)24/h5-7,10H,3-4,8-9H2,1-2H3,(H,25,27)/t16-/m0/s1. The summed E-state index contributed by atoms with van der Waals surface area (Å²) in [4.78, 5) is 24.2. The molecule has 0 aliphatic heterocycles. The van der Waals surface area contributed by atoms with E-state index in [9.17, 15) is 35.9 Å². The highest BCUT2D eigenvalue weighted by atomic mass is 19.4. The Morgan fingerprint density at radius 2 is 1.59 bits per heavy atom. The molecular formula is C18H19F6NO2. The largest absolute Gasteiger partial charge is 0.416 e. The third-order valence-corrected chi connectivity index (χ3v) is 5.02. The molecule has 1 aliphatic carbocycles. The average Bonchev–Trinajstić information content (AvgIpc) is 2.94. The van der Waals surface area contributed by atoms with Crippen molar-refractivity contribution in [1.29, 1.82) is 0 Å². The number of carbonyl (C=O) groups excluding carboxylic acids is 2. The molecule has 2 rings (SSSR count). The second-order valence-electron chi connectivity index (χ2n) is 7.12. The Morgan fingerprint density at radius 1 is 1.07 bits per heavy atom. The number of ketones is 1. The van der Waals surface area contributed by atoms with Crippen molar-refractivity contribution in [2.45, 2.75) is 52.0 Å². The Labute approximate surface area is 152 Å². The van der Waals surface area contributed by atoms with Gasteiger partial charge in [0.15, 0.2) is 0 Å². The van der Waals surface area contributed by atoms with Crippen molar-refractivity contribution in [2.75, 3.05) is 0 Å². The molecule has 0 aromatic heterocycles. The van der Waals surface area contributed by atoms with E-state index in [1.807, 2.05) is 0 Å². The lowest BCUT2D eigenvalue weighted by Crippen LogP contribution is -2.42. The molecule has 1 atom stereocenters. The van der Waals surface area contributed by atoms with Crippen LogP contribution in [0.4, 0.5) is 26.3 Å². The van der Waals surface area contributed by atoms with Crippen molar-refractivity contribution >= 4 is 11.7 Å². The summed E-state index contributed by atoms with van der Waals surface area (Å²) >= 11 is 0. The molecule has 0 radical (unpaired) electrons. The molecule has 0 saturated heterocycles. The van der Waals surface area contributed by atoms with Crippen molar-refractivity contribution in [1.82, 2.24) is 5.32 Å². The van der Waals surface area contributed by atoms with Gasteiger partial charge in [-0.1, -0.05) is 13.8 Å². The van der Waals surface area contributed by atoms with Gasteiger partial charge in [-0.2, -0.15) is 26.3 Å². The molecule has 9 heteroatoms. The quantitative estimate of drug-likeness (QED) is 0.749. The molecule has 1 N–H and O–H groups in total. The SMILES string of the molecule is CC(C)[C@]1(C(=O)NCc2cc(C(F)(F)F)cc(C(F)(F)F)c2)CCC(=O)C1. The highest BCUT2D eigenvalue weighted by Gasteiger charge is 2.47. The van der Waals surface area contributed by atoms with Crippen LogP contribution < -0.4 is 5.32 Å². The number of nitrogens with one attached hydrogen (secondary N) is 1. The van der Waals surface area contributed by atoms with Crippen LogP contribution in [0.5, 0.6) is 0 Å².